The van der Waals surface area contributed by atoms with E-state index in [1.807, 2.05) is 53.4 Å². The molecule has 1 atom stereocenters. The van der Waals surface area contributed by atoms with Gasteiger partial charge in [-0.3, -0.25) is 0 Å². The number of carboxylic acid groups (broad SMARTS) is 1. The molecule has 1 heterocycles. The number of carboxylic acids is 1. The molecule has 0 aliphatic carbocycles. The van der Waals surface area contributed by atoms with Crippen molar-refractivity contribution in [2.45, 2.75) is 22.8 Å². The van der Waals surface area contributed by atoms with Crippen LogP contribution in [-0.2, 0) is 4.79 Å². The van der Waals surface area contributed by atoms with Crippen molar-refractivity contribution in [2.24, 2.45) is 0 Å². The number of carbonyl (C=O) groups is 1. The molecule has 3 rings (SSSR count). The Morgan fingerprint density at radius 1 is 1.05 bits per heavy atom. The number of fused-ring (bicyclic) bond motifs is 2. The molecular weight excluding hydrogens is 258 g/mol. The summed E-state index contributed by atoms with van der Waals surface area (Å²) in [7, 11) is 0. The molecule has 96 valence electrons. The van der Waals surface area contributed by atoms with E-state index in [0.717, 1.165) is 21.2 Å². The van der Waals surface area contributed by atoms with E-state index in [2.05, 4.69) is 0 Å². The normalized spacial score (nSPS) is 14.5. The monoisotopic (exact) mass is 271 g/mol. The van der Waals surface area contributed by atoms with Gasteiger partial charge in [-0.15, -0.1) is 0 Å². The number of hydrogen-bond donors (Lipinski definition) is 1. The van der Waals surface area contributed by atoms with Crippen molar-refractivity contribution in [3.8, 4) is 0 Å². The van der Waals surface area contributed by atoms with Gasteiger partial charge in [-0.05, 0) is 31.2 Å². The average Bonchev–Trinajstić information content (AvgIpc) is 2.43. The molecular formula is C15H13NO2S. The van der Waals surface area contributed by atoms with E-state index in [9.17, 15) is 9.90 Å². The zero-order chi connectivity index (χ0) is 13.4. The Balaban J connectivity index is 2.19. The number of nitrogens with zero attached hydrogens (tertiary/aromatic N) is 1. The first-order chi connectivity index (χ1) is 9.18. The van der Waals surface area contributed by atoms with Crippen LogP contribution in [0.3, 0.4) is 0 Å². The predicted octanol–water partition coefficient (Wildman–Crippen LogP) is 3.76. The summed E-state index contributed by atoms with van der Waals surface area (Å²) in [5.74, 6) is -0.823. The molecule has 1 aliphatic heterocycles. The number of anilines is 2. The van der Waals surface area contributed by atoms with Gasteiger partial charge in [-0.1, -0.05) is 36.0 Å². The lowest BCUT2D eigenvalue weighted by Crippen LogP contribution is -2.36. The van der Waals surface area contributed by atoms with Crippen LogP contribution in [0.5, 0.6) is 0 Å². The van der Waals surface area contributed by atoms with E-state index < -0.39 is 12.0 Å². The van der Waals surface area contributed by atoms with Crippen molar-refractivity contribution in [3.05, 3.63) is 48.5 Å². The van der Waals surface area contributed by atoms with Crippen LogP contribution in [0, 0.1) is 0 Å². The van der Waals surface area contributed by atoms with Crippen molar-refractivity contribution < 1.29 is 9.90 Å². The lowest BCUT2D eigenvalue weighted by atomic mass is 10.1. The second-order valence-corrected chi connectivity index (χ2v) is 5.51. The van der Waals surface area contributed by atoms with E-state index in [1.165, 1.54) is 0 Å². The van der Waals surface area contributed by atoms with Crippen molar-refractivity contribution in [2.75, 3.05) is 4.90 Å². The summed E-state index contributed by atoms with van der Waals surface area (Å²) in [6.07, 6.45) is 0. The van der Waals surface area contributed by atoms with Gasteiger partial charge in [0, 0.05) is 9.79 Å². The number of para-hydroxylation sites is 2. The van der Waals surface area contributed by atoms with E-state index >= 15 is 0 Å². The van der Waals surface area contributed by atoms with Crippen molar-refractivity contribution >= 4 is 29.1 Å². The summed E-state index contributed by atoms with van der Waals surface area (Å²) in [4.78, 5) is 15.4. The van der Waals surface area contributed by atoms with Gasteiger partial charge in [0.25, 0.3) is 0 Å². The average molecular weight is 271 g/mol. The zero-order valence-corrected chi connectivity index (χ0v) is 11.2. The molecule has 4 heteroatoms. The fraction of sp³-hybridized carbons (Fsp3) is 0.133. The van der Waals surface area contributed by atoms with Crippen LogP contribution >= 0.6 is 11.8 Å². The van der Waals surface area contributed by atoms with Gasteiger partial charge in [-0.25, -0.2) is 4.79 Å². The highest BCUT2D eigenvalue weighted by Crippen LogP contribution is 2.48. The molecule has 0 amide bonds. The molecule has 0 fully saturated rings. The second-order valence-electron chi connectivity index (χ2n) is 4.42. The van der Waals surface area contributed by atoms with E-state index in [0.29, 0.717) is 0 Å². The standard InChI is InChI=1S/C15H13NO2S/c1-10(15(17)18)16-11-6-2-4-8-13(11)19-14-9-5-3-7-12(14)16/h2-10H,1H3,(H,17,18). The first-order valence-electron chi connectivity index (χ1n) is 6.06. The lowest BCUT2D eigenvalue weighted by molar-refractivity contribution is -0.138. The number of hydrogen-bond acceptors (Lipinski definition) is 3. The molecule has 3 nitrogen and oxygen atoms in total. The van der Waals surface area contributed by atoms with Crippen molar-refractivity contribution in [1.82, 2.24) is 0 Å². The van der Waals surface area contributed by atoms with Gasteiger partial charge >= 0.3 is 5.97 Å². The number of aliphatic carboxylic acids is 1. The predicted molar refractivity (Wildman–Crippen MR) is 76.2 cm³/mol. The van der Waals surface area contributed by atoms with Gasteiger partial charge in [-0.2, -0.15) is 0 Å². The Morgan fingerprint density at radius 3 is 2.00 bits per heavy atom. The molecule has 2 aromatic rings. The Morgan fingerprint density at radius 2 is 1.53 bits per heavy atom. The maximum Gasteiger partial charge on any atom is 0.326 e. The Labute approximate surface area is 115 Å². The summed E-state index contributed by atoms with van der Waals surface area (Å²) in [6.45, 7) is 1.71. The van der Waals surface area contributed by atoms with Crippen LogP contribution in [0.15, 0.2) is 58.3 Å². The number of rotatable bonds is 2. The van der Waals surface area contributed by atoms with Crippen molar-refractivity contribution in [1.29, 1.82) is 0 Å². The summed E-state index contributed by atoms with van der Waals surface area (Å²) in [6, 6.07) is 15.2. The van der Waals surface area contributed by atoms with Crippen LogP contribution in [0.2, 0.25) is 0 Å². The van der Waals surface area contributed by atoms with E-state index in [-0.39, 0.29) is 0 Å². The van der Waals surface area contributed by atoms with E-state index in [1.54, 1.807) is 18.7 Å². The van der Waals surface area contributed by atoms with Gasteiger partial charge in [0.1, 0.15) is 6.04 Å². The molecule has 0 aromatic heterocycles. The third kappa shape index (κ3) is 1.98. The van der Waals surface area contributed by atoms with Gasteiger partial charge in [0.15, 0.2) is 0 Å². The molecule has 0 radical (unpaired) electrons. The SMILES string of the molecule is CC(C(=O)O)N1c2ccccc2Sc2ccccc21. The molecule has 0 saturated heterocycles. The van der Waals surface area contributed by atoms with Crippen LogP contribution in [0.1, 0.15) is 6.92 Å². The zero-order valence-electron chi connectivity index (χ0n) is 10.4. The second kappa shape index (κ2) is 4.63. The fourth-order valence-corrected chi connectivity index (χ4v) is 3.33. The number of benzene rings is 2. The molecule has 1 unspecified atom stereocenters. The molecule has 1 N–H and O–H groups in total. The third-order valence-corrected chi connectivity index (χ3v) is 4.34. The van der Waals surface area contributed by atoms with Gasteiger partial charge in [0.2, 0.25) is 0 Å². The molecule has 19 heavy (non-hydrogen) atoms. The first-order valence-corrected chi connectivity index (χ1v) is 6.88. The summed E-state index contributed by atoms with van der Waals surface area (Å²) in [5, 5.41) is 9.34. The molecule has 0 bridgehead atoms. The summed E-state index contributed by atoms with van der Waals surface area (Å²) < 4.78 is 0. The van der Waals surface area contributed by atoms with Crippen LogP contribution in [0.25, 0.3) is 0 Å². The topological polar surface area (TPSA) is 40.5 Å². The third-order valence-electron chi connectivity index (χ3n) is 3.21. The Kier molecular flexibility index (Phi) is 2.95. The van der Waals surface area contributed by atoms with Crippen molar-refractivity contribution in [3.63, 3.8) is 0 Å². The quantitative estimate of drug-likeness (QED) is 0.902. The highest BCUT2D eigenvalue weighted by atomic mass is 32.2. The highest BCUT2D eigenvalue weighted by Gasteiger charge is 2.29. The van der Waals surface area contributed by atoms with Gasteiger partial charge in [0.05, 0.1) is 11.4 Å². The molecule has 0 saturated carbocycles. The van der Waals surface area contributed by atoms with Gasteiger partial charge < -0.3 is 10.0 Å². The van der Waals surface area contributed by atoms with E-state index in [4.69, 9.17) is 0 Å². The van der Waals surface area contributed by atoms with Crippen LogP contribution < -0.4 is 4.90 Å². The Hall–Kier alpha value is -1.94. The summed E-state index contributed by atoms with van der Waals surface area (Å²) >= 11 is 1.68. The lowest BCUT2D eigenvalue weighted by Gasteiger charge is -2.35. The minimum absolute atomic E-state index is 0.594. The largest absolute Gasteiger partial charge is 0.480 e. The fourth-order valence-electron chi connectivity index (χ4n) is 2.26. The smallest absolute Gasteiger partial charge is 0.326 e. The van der Waals surface area contributed by atoms with Crippen LogP contribution in [-0.4, -0.2) is 17.1 Å². The maximum absolute atomic E-state index is 11.4. The Bertz CT molecular complexity index is 596. The summed E-state index contributed by atoms with van der Waals surface area (Å²) in [5.41, 5.74) is 1.92. The maximum atomic E-state index is 11.4. The first kappa shape index (κ1) is 12.1. The molecule has 0 spiro atoms. The minimum Gasteiger partial charge on any atom is -0.480 e. The van der Waals surface area contributed by atoms with Crippen LogP contribution in [0.4, 0.5) is 11.4 Å². The molecule has 1 aliphatic rings. The minimum atomic E-state index is -0.823. The molecule has 2 aromatic carbocycles. The highest BCUT2D eigenvalue weighted by molar-refractivity contribution is 7.99.